The number of ether oxygens (including phenoxy) is 1. The summed E-state index contributed by atoms with van der Waals surface area (Å²) in [5.74, 6) is -4.09. The van der Waals surface area contributed by atoms with Gasteiger partial charge in [-0.3, -0.25) is 24.2 Å². The van der Waals surface area contributed by atoms with E-state index in [1.54, 1.807) is 0 Å². The quantitative estimate of drug-likeness (QED) is 0.0452. The average Bonchev–Trinajstić information content (AvgIpc) is 3.00. The molecule has 0 saturated carbocycles. The first-order valence-corrected chi connectivity index (χ1v) is 18.3. The first-order chi connectivity index (χ1) is 21.8. The maximum absolute atomic E-state index is 12.8. The van der Waals surface area contributed by atoms with Gasteiger partial charge in [-0.2, -0.15) is 0 Å². The smallest absolute Gasteiger partial charge is 0.334 e. The summed E-state index contributed by atoms with van der Waals surface area (Å²) in [6, 6.07) is -1.13. The first kappa shape index (κ1) is 40.6. The van der Waals surface area contributed by atoms with Gasteiger partial charge >= 0.3 is 12.0 Å². The summed E-state index contributed by atoms with van der Waals surface area (Å²) in [4.78, 5) is 61.7. The Hall–Kier alpha value is -2.45. The number of carboxylic acid groups (broad SMARTS) is 1. The number of esters is 1. The highest BCUT2D eigenvalue weighted by molar-refractivity contribution is 6.15. The van der Waals surface area contributed by atoms with Gasteiger partial charge < -0.3 is 14.6 Å². The minimum atomic E-state index is -1.62. The van der Waals surface area contributed by atoms with Crippen molar-refractivity contribution in [3.05, 3.63) is 0 Å². The average molecular weight is 636 g/mol. The van der Waals surface area contributed by atoms with Crippen molar-refractivity contribution < 1.29 is 33.8 Å². The van der Waals surface area contributed by atoms with Crippen LogP contribution >= 0.6 is 0 Å². The molecule has 1 saturated heterocycles. The third-order valence-corrected chi connectivity index (χ3v) is 8.75. The van der Waals surface area contributed by atoms with Crippen molar-refractivity contribution in [1.82, 2.24) is 9.80 Å². The standard InChI is InChI=1S/C36H64N2O7/c1-3-5-7-9-11-13-14-15-16-17-18-19-21-23-25-27-31(26-24-22-20-12-10-8-6-4-2)45-35(43)30-38-33(40)28-32(39)37(36(38)44)29-34(41)42/h31H,3-30H2,1-2H3,(H,41,42)/p-1. The lowest BCUT2D eigenvalue weighted by molar-refractivity contribution is -0.305. The second kappa shape index (κ2) is 26.7. The summed E-state index contributed by atoms with van der Waals surface area (Å²) in [7, 11) is 0. The molecule has 0 N–H and O–H groups in total. The largest absolute Gasteiger partial charge is 0.548 e. The number of amides is 4. The molecule has 0 aliphatic carbocycles. The van der Waals surface area contributed by atoms with Crippen LogP contribution < -0.4 is 5.11 Å². The SMILES string of the molecule is CCCCCCCCCCCCCCCCCC(CCCCCCCCCC)OC(=O)CN1C(=O)CC(=O)N(CC(=O)[O-])C1=O. The lowest BCUT2D eigenvalue weighted by atomic mass is 10.0. The number of carbonyl (C=O) groups is 5. The van der Waals surface area contributed by atoms with Crippen molar-refractivity contribution in [2.75, 3.05) is 13.1 Å². The molecular formula is C36H63N2O7-. The van der Waals surface area contributed by atoms with E-state index >= 15 is 0 Å². The van der Waals surface area contributed by atoms with E-state index in [2.05, 4.69) is 13.8 Å². The Morgan fingerprint density at radius 3 is 1.27 bits per heavy atom. The topological polar surface area (TPSA) is 124 Å². The van der Waals surface area contributed by atoms with Gasteiger partial charge in [0.15, 0.2) is 0 Å². The van der Waals surface area contributed by atoms with Gasteiger partial charge in [-0.1, -0.05) is 149 Å². The molecule has 1 rings (SSSR count). The highest BCUT2D eigenvalue weighted by Gasteiger charge is 2.39. The number of urea groups is 1. The summed E-state index contributed by atoms with van der Waals surface area (Å²) in [6.45, 7) is 2.87. The molecule has 1 unspecified atom stereocenters. The van der Waals surface area contributed by atoms with Crippen LogP contribution in [0.25, 0.3) is 0 Å². The number of barbiturate groups is 1. The highest BCUT2D eigenvalue weighted by atomic mass is 16.5. The van der Waals surface area contributed by atoms with Crippen molar-refractivity contribution in [2.24, 2.45) is 0 Å². The van der Waals surface area contributed by atoms with Crippen LogP contribution in [0.4, 0.5) is 4.79 Å². The van der Waals surface area contributed by atoms with Crippen LogP contribution in [0.15, 0.2) is 0 Å². The van der Waals surface area contributed by atoms with E-state index in [1.165, 1.54) is 109 Å². The third kappa shape index (κ3) is 20.3. The Balaban J connectivity index is 2.40. The van der Waals surface area contributed by atoms with Crippen LogP contribution in [0.1, 0.15) is 181 Å². The number of rotatable bonds is 30. The molecule has 0 aromatic rings. The predicted octanol–water partition coefficient (Wildman–Crippen LogP) is 7.62. The van der Waals surface area contributed by atoms with E-state index < -0.39 is 49.3 Å². The van der Waals surface area contributed by atoms with Gasteiger partial charge in [-0.15, -0.1) is 0 Å². The zero-order valence-electron chi connectivity index (χ0n) is 28.6. The summed E-state index contributed by atoms with van der Waals surface area (Å²) < 4.78 is 5.75. The molecule has 1 atom stereocenters. The fourth-order valence-corrected chi connectivity index (χ4v) is 5.98. The first-order valence-electron chi connectivity index (χ1n) is 18.3. The molecular weight excluding hydrogens is 572 g/mol. The van der Waals surface area contributed by atoms with Crippen LogP contribution in [0, 0.1) is 0 Å². The second-order valence-electron chi connectivity index (χ2n) is 12.9. The van der Waals surface area contributed by atoms with E-state index in [9.17, 15) is 29.1 Å². The lowest BCUT2D eigenvalue weighted by Gasteiger charge is -2.32. The van der Waals surface area contributed by atoms with E-state index in [0.717, 1.165) is 51.4 Å². The number of aliphatic carboxylic acids is 1. The van der Waals surface area contributed by atoms with Crippen LogP contribution in [0.3, 0.4) is 0 Å². The van der Waals surface area contributed by atoms with E-state index in [1.807, 2.05) is 0 Å². The van der Waals surface area contributed by atoms with Gasteiger partial charge in [0.1, 0.15) is 19.1 Å². The summed E-state index contributed by atoms with van der Waals surface area (Å²) in [6.07, 6.45) is 29.1. The Bertz CT molecular complexity index is 847. The van der Waals surface area contributed by atoms with Gasteiger partial charge in [-0.05, 0) is 25.7 Å². The Morgan fingerprint density at radius 1 is 0.578 bits per heavy atom. The van der Waals surface area contributed by atoms with Gasteiger partial charge in [0.2, 0.25) is 11.8 Å². The van der Waals surface area contributed by atoms with Crippen LogP contribution in [-0.2, 0) is 23.9 Å². The molecule has 0 spiro atoms. The Morgan fingerprint density at radius 2 is 0.911 bits per heavy atom. The van der Waals surface area contributed by atoms with Crippen molar-refractivity contribution in [3.8, 4) is 0 Å². The number of hydrogen-bond donors (Lipinski definition) is 0. The Kier molecular flexibility index (Phi) is 24.1. The number of hydrogen-bond acceptors (Lipinski definition) is 7. The van der Waals surface area contributed by atoms with Gasteiger partial charge in [0, 0.05) is 0 Å². The second-order valence-corrected chi connectivity index (χ2v) is 12.9. The molecule has 1 aliphatic heterocycles. The summed E-state index contributed by atoms with van der Waals surface area (Å²) in [5.41, 5.74) is 0. The molecule has 1 heterocycles. The number of carbonyl (C=O) groups excluding carboxylic acids is 5. The predicted molar refractivity (Wildman–Crippen MR) is 175 cm³/mol. The van der Waals surface area contributed by atoms with Gasteiger partial charge in [-0.25, -0.2) is 4.79 Å². The van der Waals surface area contributed by atoms with Crippen molar-refractivity contribution in [3.63, 3.8) is 0 Å². The fourth-order valence-electron chi connectivity index (χ4n) is 5.98. The van der Waals surface area contributed by atoms with Crippen LogP contribution in [0.5, 0.6) is 0 Å². The molecule has 4 amide bonds. The van der Waals surface area contributed by atoms with Gasteiger partial charge in [0.05, 0.1) is 12.5 Å². The number of unbranched alkanes of at least 4 members (excludes halogenated alkanes) is 21. The highest BCUT2D eigenvalue weighted by Crippen LogP contribution is 2.19. The number of nitrogens with zero attached hydrogens (tertiary/aromatic N) is 2. The minimum Gasteiger partial charge on any atom is -0.548 e. The number of carboxylic acids is 1. The number of imide groups is 2. The minimum absolute atomic E-state index is 0.296. The zero-order chi connectivity index (χ0) is 33.1. The van der Waals surface area contributed by atoms with Crippen LogP contribution in [-0.4, -0.2) is 58.8 Å². The van der Waals surface area contributed by atoms with Crippen molar-refractivity contribution in [2.45, 2.75) is 187 Å². The molecule has 9 heteroatoms. The molecule has 45 heavy (non-hydrogen) atoms. The van der Waals surface area contributed by atoms with Gasteiger partial charge in [0.25, 0.3) is 0 Å². The van der Waals surface area contributed by atoms with Crippen molar-refractivity contribution >= 4 is 29.8 Å². The maximum atomic E-state index is 12.8. The Labute approximate surface area is 273 Å². The zero-order valence-corrected chi connectivity index (χ0v) is 28.6. The van der Waals surface area contributed by atoms with E-state index in [4.69, 9.17) is 4.74 Å². The molecule has 1 fully saturated rings. The lowest BCUT2D eigenvalue weighted by Crippen LogP contribution is -2.58. The van der Waals surface area contributed by atoms with Crippen LogP contribution in [0.2, 0.25) is 0 Å². The third-order valence-electron chi connectivity index (χ3n) is 8.75. The summed E-state index contributed by atoms with van der Waals surface area (Å²) >= 11 is 0. The molecule has 0 aromatic carbocycles. The molecule has 0 aromatic heterocycles. The van der Waals surface area contributed by atoms with Crippen molar-refractivity contribution in [1.29, 1.82) is 0 Å². The molecule has 9 nitrogen and oxygen atoms in total. The summed E-state index contributed by atoms with van der Waals surface area (Å²) in [5, 5.41) is 11.0. The molecule has 0 radical (unpaired) electrons. The molecule has 1 aliphatic rings. The van der Waals surface area contributed by atoms with E-state index in [-0.39, 0.29) is 6.10 Å². The van der Waals surface area contributed by atoms with E-state index in [0.29, 0.717) is 9.80 Å². The fraction of sp³-hybridized carbons (Fsp3) is 0.861. The molecule has 0 bridgehead atoms. The maximum Gasteiger partial charge on any atom is 0.334 e. The normalized spacial score (nSPS) is 14.3. The monoisotopic (exact) mass is 635 g/mol. The molecule has 260 valence electrons.